The van der Waals surface area contributed by atoms with Gasteiger partial charge in [-0.15, -0.1) is 0 Å². The van der Waals surface area contributed by atoms with Crippen LogP contribution in [0.25, 0.3) is 0 Å². The molecular formula is C11H22N2O3. The first kappa shape index (κ1) is 14.9. The molecule has 16 heavy (non-hydrogen) atoms. The van der Waals surface area contributed by atoms with Gasteiger partial charge in [0.2, 0.25) is 5.91 Å². The number of aliphatic carboxylic acids is 1. The van der Waals surface area contributed by atoms with E-state index >= 15 is 0 Å². The number of rotatable bonds is 7. The summed E-state index contributed by atoms with van der Waals surface area (Å²) >= 11 is 0. The number of nitrogens with zero attached hydrogens (tertiary/aromatic N) is 1. The largest absolute Gasteiger partial charge is 0.481 e. The number of hydrogen-bond acceptors (Lipinski definition) is 3. The Hall–Kier alpha value is -1.10. The normalized spacial score (nSPS) is 12.9. The lowest BCUT2D eigenvalue weighted by Crippen LogP contribution is -2.47. The van der Waals surface area contributed by atoms with Crippen molar-refractivity contribution in [2.24, 2.45) is 0 Å². The molecule has 1 amide bonds. The topological polar surface area (TPSA) is 69.6 Å². The van der Waals surface area contributed by atoms with E-state index in [9.17, 15) is 9.59 Å². The number of amides is 1. The van der Waals surface area contributed by atoms with Crippen molar-refractivity contribution in [3.05, 3.63) is 0 Å². The van der Waals surface area contributed by atoms with Gasteiger partial charge < -0.3 is 10.4 Å². The third kappa shape index (κ3) is 5.70. The van der Waals surface area contributed by atoms with Crippen LogP contribution in [-0.4, -0.2) is 47.1 Å². The summed E-state index contributed by atoms with van der Waals surface area (Å²) < 4.78 is 0. The molecule has 0 aliphatic carbocycles. The molecule has 0 fully saturated rings. The predicted octanol–water partition coefficient (Wildman–Crippen LogP) is 0.696. The zero-order valence-corrected chi connectivity index (χ0v) is 10.5. The predicted molar refractivity (Wildman–Crippen MR) is 62.2 cm³/mol. The van der Waals surface area contributed by atoms with Crippen molar-refractivity contribution in [3.8, 4) is 0 Å². The molecule has 0 radical (unpaired) electrons. The molecule has 0 saturated carbocycles. The van der Waals surface area contributed by atoms with Crippen molar-refractivity contribution in [2.75, 3.05) is 13.1 Å². The van der Waals surface area contributed by atoms with Crippen LogP contribution in [0.1, 0.15) is 34.1 Å². The van der Waals surface area contributed by atoms with Crippen LogP contribution in [0.2, 0.25) is 0 Å². The maximum atomic E-state index is 11.7. The molecule has 1 atom stereocenters. The molecule has 0 aromatic rings. The standard InChI is InChI=1S/C11H22N2O3/c1-5-13(7-6-10(14)15)9(4)11(16)12-8(2)3/h8-9H,5-7H2,1-4H3,(H,12,16)(H,14,15). The minimum atomic E-state index is -0.838. The van der Waals surface area contributed by atoms with E-state index in [1.165, 1.54) is 0 Å². The Labute approximate surface area is 96.8 Å². The number of nitrogens with one attached hydrogen (secondary N) is 1. The molecule has 5 nitrogen and oxygen atoms in total. The Balaban J connectivity index is 4.23. The molecule has 94 valence electrons. The fourth-order valence-corrected chi connectivity index (χ4v) is 1.44. The third-order valence-corrected chi connectivity index (χ3v) is 2.38. The molecule has 5 heteroatoms. The Bertz CT molecular complexity index is 241. The van der Waals surface area contributed by atoms with Gasteiger partial charge in [-0.2, -0.15) is 0 Å². The zero-order chi connectivity index (χ0) is 12.7. The summed E-state index contributed by atoms with van der Waals surface area (Å²) in [6.07, 6.45) is 0.0626. The van der Waals surface area contributed by atoms with Crippen LogP contribution in [0.3, 0.4) is 0 Å². The molecule has 0 rings (SSSR count). The Morgan fingerprint density at radius 1 is 1.31 bits per heavy atom. The van der Waals surface area contributed by atoms with Gasteiger partial charge in [0.25, 0.3) is 0 Å². The van der Waals surface area contributed by atoms with E-state index in [1.54, 1.807) is 6.92 Å². The molecule has 0 aliphatic heterocycles. The Morgan fingerprint density at radius 2 is 1.88 bits per heavy atom. The van der Waals surface area contributed by atoms with Crippen molar-refractivity contribution in [3.63, 3.8) is 0 Å². The Kier molecular flexibility index (Phi) is 6.72. The minimum absolute atomic E-state index is 0.0535. The van der Waals surface area contributed by atoms with E-state index in [1.807, 2.05) is 25.7 Å². The van der Waals surface area contributed by atoms with Crippen LogP contribution in [0, 0.1) is 0 Å². The molecule has 0 spiro atoms. The number of hydrogen-bond donors (Lipinski definition) is 2. The number of carbonyl (C=O) groups is 2. The van der Waals surface area contributed by atoms with E-state index in [0.717, 1.165) is 0 Å². The summed E-state index contributed by atoms with van der Waals surface area (Å²) in [5.74, 6) is -0.892. The fraction of sp³-hybridized carbons (Fsp3) is 0.818. The summed E-state index contributed by atoms with van der Waals surface area (Å²) in [5.41, 5.74) is 0. The molecular weight excluding hydrogens is 208 g/mol. The second kappa shape index (κ2) is 7.22. The van der Waals surface area contributed by atoms with Gasteiger partial charge in [0.1, 0.15) is 0 Å². The van der Waals surface area contributed by atoms with E-state index in [0.29, 0.717) is 13.1 Å². The maximum absolute atomic E-state index is 11.7. The highest BCUT2D eigenvalue weighted by atomic mass is 16.4. The van der Waals surface area contributed by atoms with Gasteiger partial charge in [0.15, 0.2) is 0 Å². The van der Waals surface area contributed by atoms with E-state index in [4.69, 9.17) is 5.11 Å². The quantitative estimate of drug-likeness (QED) is 0.675. The van der Waals surface area contributed by atoms with E-state index < -0.39 is 5.97 Å². The fourth-order valence-electron chi connectivity index (χ4n) is 1.44. The van der Waals surface area contributed by atoms with E-state index in [-0.39, 0.29) is 24.4 Å². The molecule has 0 heterocycles. The maximum Gasteiger partial charge on any atom is 0.304 e. The molecule has 0 aromatic carbocycles. The van der Waals surface area contributed by atoms with Crippen molar-refractivity contribution >= 4 is 11.9 Å². The summed E-state index contributed by atoms with van der Waals surface area (Å²) in [6.45, 7) is 8.58. The smallest absolute Gasteiger partial charge is 0.304 e. The van der Waals surface area contributed by atoms with Crippen molar-refractivity contribution in [1.82, 2.24) is 10.2 Å². The van der Waals surface area contributed by atoms with Gasteiger partial charge in [-0.05, 0) is 27.3 Å². The van der Waals surface area contributed by atoms with Gasteiger partial charge in [0, 0.05) is 12.6 Å². The molecule has 1 unspecified atom stereocenters. The molecule has 0 aliphatic rings. The third-order valence-electron chi connectivity index (χ3n) is 2.38. The second-order valence-electron chi connectivity index (χ2n) is 4.11. The molecule has 0 aromatic heterocycles. The van der Waals surface area contributed by atoms with Crippen LogP contribution in [0.15, 0.2) is 0 Å². The van der Waals surface area contributed by atoms with Gasteiger partial charge in [0.05, 0.1) is 12.5 Å². The number of likely N-dealkylation sites (N-methyl/N-ethyl adjacent to an activating group) is 1. The van der Waals surface area contributed by atoms with Gasteiger partial charge >= 0.3 is 5.97 Å². The molecule has 0 saturated heterocycles. The summed E-state index contributed by atoms with van der Waals surface area (Å²) in [4.78, 5) is 24.0. The van der Waals surface area contributed by atoms with Gasteiger partial charge in [-0.25, -0.2) is 0 Å². The van der Waals surface area contributed by atoms with Crippen molar-refractivity contribution < 1.29 is 14.7 Å². The monoisotopic (exact) mass is 230 g/mol. The minimum Gasteiger partial charge on any atom is -0.481 e. The van der Waals surface area contributed by atoms with Crippen LogP contribution in [-0.2, 0) is 9.59 Å². The first-order chi connectivity index (χ1) is 7.38. The highest BCUT2D eigenvalue weighted by molar-refractivity contribution is 5.81. The lowest BCUT2D eigenvalue weighted by molar-refractivity contribution is -0.138. The van der Waals surface area contributed by atoms with Crippen LogP contribution >= 0.6 is 0 Å². The first-order valence-corrected chi connectivity index (χ1v) is 5.64. The number of carboxylic acids is 1. The van der Waals surface area contributed by atoms with Gasteiger partial charge in [-0.1, -0.05) is 6.92 Å². The summed E-state index contributed by atoms with van der Waals surface area (Å²) in [5, 5.41) is 11.4. The van der Waals surface area contributed by atoms with Crippen LogP contribution in [0.5, 0.6) is 0 Å². The lowest BCUT2D eigenvalue weighted by Gasteiger charge is -2.27. The number of carboxylic acid groups (broad SMARTS) is 1. The summed E-state index contributed by atoms with van der Waals surface area (Å²) in [6, 6.07) is -0.181. The van der Waals surface area contributed by atoms with E-state index in [2.05, 4.69) is 5.32 Å². The molecule has 2 N–H and O–H groups in total. The van der Waals surface area contributed by atoms with Crippen molar-refractivity contribution in [2.45, 2.75) is 46.2 Å². The summed E-state index contributed by atoms with van der Waals surface area (Å²) in [7, 11) is 0. The number of carbonyl (C=O) groups excluding carboxylic acids is 1. The average Bonchev–Trinajstić information content (AvgIpc) is 2.16. The zero-order valence-electron chi connectivity index (χ0n) is 10.5. The van der Waals surface area contributed by atoms with Crippen LogP contribution < -0.4 is 5.32 Å². The highest BCUT2D eigenvalue weighted by Crippen LogP contribution is 2.01. The molecule has 0 bridgehead atoms. The van der Waals surface area contributed by atoms with Crippen molar-refractivity contribution in [1.29, 1.82) is 0 Å². The lowest BCUT2D eigenvalue weighted by atomic mass is 10.2. The average molecular weight is 230 g/mol. The Morgan fingerprint density at radius 3 is 2.25 bits per heavy atom. The van der Waals surface area contributed by atoms with Gasteiger partial charge in [-0.3, -0.25) is 14.5 Å². The van der Waals surface area contributed by atoms with Crippen LogP contribution in [0.4, 0.5) is 0 Å². The first-order valence-electron chi connectivity index (χ1n) is 5.64. The highest BCUT2D eigenvalue weighted by Gasteiger charge is 2.20. The second-order valence-corrected chi connectivity index (χ2v) is 4.11. The SMILES string of the molecule is CCN(CCC(=O)O)C(C)C(=O)NC(C)C.